The standard InChI is InChI=1S/C20H27N3O2/c1-23-13-16(12-21-23)20-19(4-3-9-25-20)22-17-7-5-14-6-8-18(24-2)11-15(14)10-17/h6,8,11-13,17,19-20,22H,3-5,7,9-10H2,1-2H3/t17-,19+,20-/m1/s1. The zero-order valence-electron chi connectivity index (χ0n) is 15.1. The quantitative estimate of drug-likeness (QED) is 0.929. The SMILES string of the molecule is COc1ccc2c(c1)C[C@H](N[C@H]1CCCO[C@@H]1c1cnn(C)c1)CC2. The van der Waals surface area contributed by atoms with Crippen LogP contribution in [0, 0.1) is 0 Å². The van der Waals surface area contributed by atoms with E-state index in [4.69, 9.17) is 9.47 Å². The highest BCUT2D eigenvalue weighted by Gasteiger charge is 2.31. The van der Waals surface area contributed by atoms with Gasteiger partial charge in [0.05, 0.1) is 13.3 Å². The van der Waals surface area contributed by atoms with Gasteiger partial charge in [-0.3, -0.25) is 4.68 Å². The smallest absolute Gasteiger partial charge is 0.119 e. The average Bonchev–Trinajstić information content (AvgIpc) is 3.08. The van der Waals surface area contributed by atoms with Gasteiger partial charge >= 0.3 is 0 Å². The van der Waals surface area contributed by atoms with Crippen molar-refractivity contribution < 1.29 is 9.47 Å². The molecule has 2 aliphatic rings. The van der Waals surface area contributed by atoms with Crippen LogP contribution in [0.4, 0.5) is 0 Å². The summed E-state index contributed by atoms with van der Waals surface area (Å²) in [4.78, 5) is 0. The maximum absolute atomic E-state index is 6.10. The van der Waals surface area contributed by atoms with Gasteiger partial charge in [0.1, 0.15) is 11.9 Å². The van der Waals surface area contributed by atoms with E-state index < -0.39 is 0 Å². The molecule has 1 fully saturated rings. The van der Waals surface area contributed by atoms with Gasteiger partial charge in [-0.2, -0.15) is 5.10 Å². The molecule has 0 saturated carbocycles. The van der Waals surface area contributed by atoms with Gasteiger partial charge in [0.2, 0.25) is 0 Å². The van der Waals surface area contributed by atoms with E-state index in [1.165, 1.54) is 23.1 Å². The number of hydrogen-bond donors (Lipinski definition) is 1. The molecule has 0 unspecified atom stereocenters. The van der Waals surface area contributed by atoms with Gasteiger partial charge < -0.3 is 14.8 Å². The number of benzene rings is 1. The Bertz CT molecular complexity index is 727. The number of methoxy groups -OCH3 is 1. The number of hydrogen-bond acceptors (Lipinski definition) is 4. The molecule has 2 aromatic rings. The number of aryl methyl sites for hydroxylation is 2. The first kappa shape index (κ1) is 16.6. The second-order valence-electron chi connectivity index (χ2n) is 7.23. The second kappa shape index (κ2) is 7.18. The van der Waals surface area contributed by atoms with E-state index in [0.717, 1.165) is 38.0 Å². The summed E-state index contributed by atoms with van der Waals surface area (Å²) >= 11 is 0. The van der Waals surface area contributed by atoms with Crippen LogP contribution in [0.1, 0.15) is 42.1 Å². The molecule has 25 heavy (non-hydrogen) atoms. The maximum Gasteiger partial charge on any atom is 0.119 e. The third kappa shape index (κ3) is 3.58. The molecule has 3 atom stereocenters. The molecule has 1 aromatic carbocycles. The summed E-state index contributed by atoms with van der Waals surface area (Å²) in [6.45, 7) is 0.836. The molecular weight excluding hydrogens is 314 g/mol. The molecule has 1 N–H and O–H groups in total. The van der Waals surface area contributed by atoms with Crippen molar-refractivity contribution in [1.29, 1.82) is 0 Å². The van der Waals surface area contributed by atoms with Gasteiger partial charge in [0.25, 0.3) is 0 Å². The Morgan fingerprint density at radius 3 is 3.00 bits per heavy atom. The lowest BCUT2D eigenvalue weighted by molar-refractivity contribution is -0.0143. The molecule has 0 bridgehead atoms. The minimum absolute atomic E-state index is 0.106. The van der Waals surface area contributed by atoms with Crippen molar-refractivity contribution in [1.82, 2.24) is 15.1 Å². The zero-order valence-corrected chi connectivity index (χ0v) is 15.1. The monoisotopic (exact) mass is 341 g/mol. The van der Waals surface area contributed by atoms with E-state index in [1.54, 1.807) is 7.11 Å². The molecule has 1 aromatic heterocycles. The van der Waals surface area contributed by atoms with Crippen LogP contribution in [0.15, 0.2) is 30.6 Å². The molecule has 4 rings (SSSR count). The van der Waals surface area contributed by atoms with Crippen molar-refractivity contribution in [2.24, 2.45) is 7.05 Å². The molecule has 1 aliphatic heterocycles. The van der Waals surface area contributed by atoms with Crippen LogP contribution >= 0.6 is 0 Å². The molecule has 0 spiro atoms. The normalized spacial score (nSPS) is 26.2. The summed E-state index contributed by atoms with van der Waals surface area (Å²) in [5.41, 5.74) is 4.05. The third-order valence-corrected chi connectivity index (χ3v) is 5.47. The van der Waals surface area contributed by atoms with Gasteiger partial charge in [-0.25, -0.2) is 0 Å². The fourth-order valence-corrected chi connectivity index (χ4v) is 4.17. The summed E-state index contributed by atoms with van der Waals surface area (Å²) in [7, 11) is 3.69. The summed E-state index contributed by atoms with van der Waals surface area (Å²) in [5, 5.41) is 8.21. The van der Waals surface area contributed by atoms with Crippen molar-refractivity contribution in [3.63, 3.8) is 0 Å². The fraction of sp³-hybridized carbons (Fsp3) is 0.550. The van der Waals surface area contributed by atoms with Crippen LogP contribution in [-0.2, 0) is 24.6 Å². The number of nitrogens with one attached hydrogen (secondary N) is 1. The van der Waals surface area contributed by atoms with E-state index in [9.17, 15) is 0 Å². The van der Waals surface area contributed by atoms with E-state index >= 15 is 0 Å². The number of ether oxygens (including phenoxy) is 2. The average molecular weight is 341 g/mol. The number of aromatic nitrogens is 2. The Morgan fingerprint density at radius 1 is 1.28 bits per heavy atom. The van der Waals surface area contributed by atoms with E-state index in [-0.39, 0.29) is 6.10 Å². The van der Waals surface area contributed by atoms with Crippen LogP contribution in [0.2, 0.25) is 0 Å². The molecule has 1 saturated heterocycles. The molecule has 1 aliphatic carbocycles. The Morgan fingerprint density at radius 2 is 2.20 bits per heavy atom. The van der Waals surface area contributed by atoms with E-state index in [1.807, 2.05) is 17.9 Å². The Labute approximate surface area is 149 Å². The Kier molecular flexibility index (Phi) is 4.77. The molecule has 0 amide bonds. The topological polar surface area (TPSA) is 48.3 Å². The molecule has 5 nitrogen and oxygen atoms in total. The maximum atomic E-state index is 6.10. The lowest BCUT2D eigenvalue weighted by atomic mass is 9.86. The molecule has 2 heterocycles. The summed E-state index contributed by atoms with van der Waals surface area (Å²) in [6, 6.07) is 7.33. The highest BCUT2D eigenvalue weighted by atomic mass is 16.5. The highest BCUT2D eigenvalue weighted by molar-refractivity contribution is 5.38. The molecule has 0 radical (unpaired) electrons. The second-order valence-corrected chi connectivity index (χ2v) is 7.23. The largest absolute Gasteiger partial charge is 0.497 e. The molecule has 134 valence electrons. The van der Waals surface area contributed by atoms with Crippen LogP contribution in [-0.4, -0.2) is 35.6 Å². The zero-order chi connectivity index (χ0) is 17.2. The van der Waals surface area contributed by atoms with Crippen molar-refractivity contribution >= 4 is 0 Å². The highest BCUT2D eigenvalue weighted by Crippen LogP contribution is 2.31. The summed E-state index contributed by atoms with van der Waals surface area (Å²) in [5.74, 6) is 0.952. The van der Waals surface area contributed by atoms with Gasteiger partial charge in [-0.1, -0.05) is 6.07 Å². The first-order chi connectivity index (χ1) is 12.2. The summed E-state index contributed by atoms with van der Waals surface area (Å²) < 4.78 is 13.3. The Hall–Kier alpha value is -1.85. The van der Waals surface area contributed by atoms with Gasteiger partial charge in [-0.15, -0.1) is 0 Å². The third-order valence-electron chi connectivity index (χ3n) is 5.47. The lowest BCUT2D eigenvalue weighted by Gasteiger charge is -2.36. The predicted octanol–water partition coefficient (Wildman–Crippen LogP) is 2.80. The first-order valence-corrected chi connectivity index (χ1v) is 9.25. The Balaban J connectivity index is 1.47. The molecule has 5 heteroatoms. The minimum atomic E-state index is 0.106. The van der Waals surface area contributed by atoms with Crippen LogP contribution in [0.3, 0.4) is 0 Å². The number of nitrogens with zero attached hydrogens (tertiary/aromatic N) is 2. The lowest BCUT2D eigenvalue weighted by Crippen LogP contribution is -2.46. The number of rotatable bonds is 4. The van der Waals surface area contributed by atoms with Crippen LogP contribution < -0.4 is 10.1 Å². The molecular formula is C20H27N3O2. The first-order valence-electron chi connectivity index (χ1n) is 9.25. The van der Waals surface area contributed by atoms with Gasteiger partial charge in [0, 0.05) is 37.5 Å². The van der Waals surface area contributed by atoms with Crippen LogP contribution in [0.25, 0.3) is 0 Å². The fourth-order valence-electron chi connectivity index (χ4n) is 4.17. The van der Waals surface area contributed by atoms with Gasteiger partial charge in [-0.05, 0) is 55.4 Å². The van der Waals surface area contributed by atoms with Crippen molar-refractivity contribution in [3.05, 3.63) is 47.3 Å². The van der Waals surface area contributed by atoms with E-state index in [0.29, 0.717) is 12.1 Å². The number of fused-ring (bicyclic) bond motifs is 1. The van der Waals surface area contributed by atoms with Crippen molar-refractivity contribution in [2.75, 3.05) is 13.7 Å². The van der Waals surface area contributed by atoms with Crippen molar-refractivity contribution in [2.45, 2.75) is 50.3 Å². The van der Waals surface area contributed by atoms with Gasteiger partial charge in [0.15, 0.2) is 0 Å². The predicted molar refractivity (Wildman–Crippen MR) is 96.9 cm³/mol. The van der Waals surface area contributed by atoms with Crippen molar-refractivity contribution in [3.8, 4) is 5.75 Å². The van der Waals surface area contributed by atoms with Crippen LogP contribution in [0.5, 0.6) is 5.75 Å². The van der Waals surface area contributed by atoms with E-state index in [2.05, 4.69) is 34.8 Å². The minimum Gasteiger partial charge on any atom is -0.497 e. The summed E-state index contributed by atoms with van der Waals surface area (Å²) in [6.07, 6.45) is 9.75.